The number of phenolic OH excluding ortho intramolecular Hbond substituents is 1. The number of aromatic nitrogens is 4. The highest BCUT2D eigenvalue weighted by molar-refractivity contribution is 7.17. The Kier molecular flexibility index (Phi) is 7.03. The molecule has 1 aromatic carbocycles. The molecular weight excluding hydrogens is 416 g/mol. The van der Waals surface area contributed by atoms with Crippen molar-refractivity contribution in [2.24, 2.45) is 0 Å². The summed E-state index contributed by atoms with van der Waals surface area (Å²) in [4.78, 5) is 19.4. The van der Waals surface area contributed by atoms with Crippen molar-refractivity contribution in [1.82, 2.24) is 19.7 Å². The van der Waals surface area contributed by atoms with Crippen molar-refractivity contribution in [3.63, 3.8) is 0 Å². The fourth-order valence-electron chi connectivity index (χ4n) is 2.92. The molecule has 3 heterocycles. The van der Waals surface area contributed by atoms with Gasteiger partial charge in [0, 0.05) is 30.1 Å². The Morgan fingerprint density at radius 3 is 2.65 bits per heavy atom. The number of carbonyl (C=O) groups is 1. The number of phenols is 1. The zero-order chi connectivity index (χ0) is 22.4. The van der Waals surface area contributed by atoms with Gasteiger partial charge in [0.25, 0.3) is 0 Å². The van der Waals surface area contributed by atoms with Crippen LogP contribution in [0.3, 0.4) is 0 Å². The molecule has 0 radical (unpaired) electrons. The van der Waals surface area contributed by atoms with Gasteiger partial charge in [0.1, 0.15) is 18.6 Å². The molecule has 0 bridgehead atoms. The number of carbonyl (C=O) groups excluding carboxylic acids is 1. The summed E-state index contributed by atoms with van der Waals surface area (Å²) < 4.78 is 6.92. The van der Waals surface area contributed by atoms with Gasteiger partial charge in [0.15, 0.2) is 17.2 Å². The predicted molar refractivity (Wildman–Crippen MR) is 120 cm³/mol. The molecule has 3 aromatic heterocycles. The minimum absolute atomic E-state index is 0.347. The number of nitrogens with one attached hydrogen (secondary N) is 2. The Labute approximate surface area is 183 Å². The molecule has 10 heteroatoms. The molecule has 31 heavy (non-hydrogen) atoms. The van der Waals surface area contributed by atoms with Crippen LogP contribution in [-0.4, -0.2) is 38.2 Å². The van der Waals surface area contributed by atoms with E-state index >= 15 is 0 Å². The van der Waals surface area contributed by atoms with E-state index in [1.807, 2.05) is 40.1 Å². The second-order valence-corrected chi connectivity index (χ2v) is 7.81. The lowest BCUT2D eigenvalue weighted by Crippen LogP contribution is -2.01. The number of oxazole rings is 1. The van der Waals surface area contributed by atoms with Crippen molar-refractivity contribution < 1.29 is 14.3 Å². The van der Waals surface area contributed by atoms with Crippen molar-refractivity contribution in [3.05, 3.63) is 64.4 Å². The third-order valence-corrected chi connectivity index (χ3v) is 5.32. The van der Waals surface area contributed by atoms with Crippen LogP contribution in [0.1, 0.15) is 32.3 Å². The largest absolute Gasteiger partial charge is 0.508 e. The molecule has 0 aliphatic heterocycles. The molecular formula is C21H24N6O3S. The third-order valence-electron chi connectivity index (χ3n) is 4.49. The Balaban J connectivity index is 0.000000210. The number of aldehydes is 1. The summed E-state index contributed by atoms with van der Waals surface area (Å²) in [5.74, 6) is 1.64. The van der Waals surface area contributed by atoms with E-state index in [2.05, 4.69) is 25.7 Å². The molecule has 0 aliphatic rings. The number of thiazole rings is 1. The maximum Gasteiger partial charge on any atom is 0.215 e. The molecule has 9 nitrogen and oxygen atoms in total. The van der Waals surface area contributed by atoms with Crippen LogP contribution in [0.4, 0.5) is 16.6 Å². The van der Waals surface area contributed by atoms with E-state index in [4.69, 9.17) is 4.42 Å². The maximum absolute atomic E-state index is 10.6. The summed E-state index contributed by atoms with van der Waals surface area (Å²) in [6.45, 7) is 6.31. The predicted octanol–water partition coefficient (Wildman–Crippen LogP) is 4.29. The van der Waals surface area contributed by atoms with Crippen LogP contribution in [0.2, 0.25) is 0 Å². The fraction of sp³-hybridized carbons (Fsp3) is 0.238. The highest BCUT2D eigenvalue weighted by Crippen LogP contribution is 2.27. The van der Waals surface area contributed by atoms with Gasteiger partial charge in [-0.15, -0.1) is 0 Å². The van der Waals surface area contributed by atoms with Gasteiger partial charge in [-0.2, -0.15) is 5.10 Å². The molecule has 0 saturated heterocycles. The molecule has 0 fully saturated rings. The average molecular weight is 441 g/mol. The molecule has 0 aliphatic carbocycles. The van der Waals surface area contributed by atoms with Crippen LogP contribution in [-0.2, 0) is 6.54 Å². The first-order valence-corrected chi connectivity index (χ1v) is 10.3. The number of nitrogens with zero attached hydrogens (tertiary/aromatic N) is 4. The number of hydrogen-bond acceptors (Lipinski definition) is 9. The van der Waals surface area contributed by atoms with E-state index in [1.165, 1.54) is 23.8 Å². The van der Waals surface area contributed by atoms with Gasteiger partial charge in [-0.1, -0.05) is 17.4 Å². The highest BCUT2D eigenvalue weighted by atomic mass is 32.1. The summed E-state index contributed by atoms with van der Waals surface area (Å²) in [7, 11) is 1.86. The minimum atomic E-state index is 0.347. The Morgan fingerprint density at radius 1 is 1.23 bits per heavy atom. The fourth-order valence-corrected chi connectivity index (χ4v) is 3.55. The molecule has 0 amide bonds. The zero-order valence-electron chi connectivity index (χ0n) is 17.7. The van der Waals surface area contributed by atoms with Gasteiger partial charge in [-0.3, -0.25) is 9.48 Å². The van der Waals surface area contributed by atoms with Crippen LogP contribution >= 0.6 is 11.3 Å². The van der Waals surface area contributed by atoms with E-state index in [9.17, 15) is 9.90 Å². The van der Waals surface area contributed by atoms with Crippen LogP contribution < -0.4 is 10.6 Å². The van der Waals surface area contributed by atoms with Crippen molar-refractivity contribution >= 4 is 34.3 Å². The molecule has 3 N–H and O–H groups in total. The Hall–Kier alpha value is -3.66. The van der Waals surface area contributed by atoms with Crippen LogP contribution in [0, 0.1) is 20.8 Å². The van der Waals surface area contributed by atoms with Gasteiger partial charge in [-0.25, -0.2) is 9.97 Å². The molecule has 0 spiro atoms. The average Bonchev–Trinajstić information content (AvgIpc) is 3.49. The first-order valence-electron chi connectivity index (χ1n) is 9.48. The maximum atomic E-state index is 10.6. The van der Waals surface area contributed by atoms with E-state index in [-0.39, 0.29) is 0 Å². The van der Waals surface area contributed by atoms with E-state index in [0.717, 1.165) is 28.7 Å². The summed E-state index contributed by atoms with van der Waals surface area (Å²) in [6, 6.07) is 3.61. The first-order chi connectivity index (χ1) is 14.9. The van der Waals surface area contributed by atoms with Crippen molar-refractivity contribution in [2.45, 2.75) is 27.3 Å². The van der Waals surface area contributed by atoms with E-state index in [1.54, 1.807) is 16.9 Å². The normalized spacial score (nSPS) is 10.3. The number of benzene rings is 1. The van der Waals surface area contributed by atoms with Crippen LogP contribution in [0.15, 0.2) is 41.4 Å². The number of aryl methyl sites for hydroxylation is 2. The topological polar surface area (TPSA) is 118 Å². The second kappa shape index (κ2) is 9.90. The van der Waals surface area contributed by atoms with Crippen LogP contribution in [0.25, 0.3) is 0 Å². The summed E-state index contributed by atoms with van der Waals surface area (Å²) in [5, 5.41) is 20.5. The van der Waals surface area contributed by atoms with Gasteiger partial charge in [0.05, 0.1) is 17.3 Å². The van der Waals surface area contributed by atoms with Crippen molar-refractivity contribution in [2.75, 3.05) is 17.7 Å². The quantitative estimate of drug-likeness (QED) is 0.380. The third kappa shape index (κ3) is 5.48. The SMILES string of the molecule is CNc1c(C)ccc(O)c1C.Cc1cn(Cc2ncco2)nc1Nc1ncc(C=O)s1. The van der Waals surface area contributed by atoms with E-state index < -0.39 is 0 Å². The van der Waals surface area contributed by atoms with E-state index in [0.29, 0.717) is 34.0 Å². The van der Waals surface area contributed by atoms with Crippen molar-refractivity contribution in [3.8, 4) is 5.75 Å². The number of anilines is 3. The second-order valence-electron chi connectivity index (χ2n) is 6.75. The lowest BCUT2D eigenvalue weighted by molar-refractivity contribution is 0.112. The van der Waals surface area contributed by atoms with Gasteiger partial charge in [0.2, 0.25) is 5.89 Å². The van der Waals surface area contributed by atoms with Crippen LogP contribution in [0.5, 0.6) is 5.75 Å². The molecule has 0 atom stereocenters. The molecule has 0 unspecified atom stereocenters. The summed E-state index contributed by atoms with van der Waals surface area (Å²) >= 11 is 1.28. The lowest BCUT2D eigenvalue weighted by atomic mass is 10.1. The van der Waals surface area contributed by atoms with Gasteiger partial charge < -0.3 is 20.2 Å². The number of rotatable bonds is 6. The first kappa shape index (κ1) is 22.0. The molecule has 4 aromatic rings. The smallest absolute Gasteiger partial charge is 0.215 e. The zero-order valence-corrected chi connectivity index (χ0v) is 18.5. The summed E-state index contributed by atoms with van der Waals surface area (Å²) in [5.41, 5.74) is 4.06. The Morgan fingerprint density at radius 2 is 2.03 bits per heavy atom. The Bertz CT molecular complexity index is 1150. The number of aromatic hydroxyl groups is 1. The van der Waals surface area contributed by atoms with Gasteiger partial charge >= 0.3 is 0 Å². The molecule has 162 valence electrons. The molecule has 4 rings (SSSR count). The monoisotopic (exact) mass is 440 g/mol. The number of hydrogen-bond donors (Lipinski definition) is 3. The standard InChI is InChI=1S/C12H11N5O2S.C9H13NO/c1-8-5-17(6-10-13-2-3-19-10)16-11(8)15-12-14-4-9(7-18)20-12;1-6-4-5-8(11)7(2)9(6)10-3/h2-5,7H,6H2,1H3,(H,14,15,16);4-5,10-11H,1-3H3. The summed E-state index contributed by atoms with van der Waals surface area (Å²) in [6.07, 6.45) is 7.32. The molecule has 0 saturated carbocycles. The lowest BCUT2D eigenvalue weighted by Gasteiger charge is -2.09. The minimum Gasteiger partial charge on any atom is -0.508 e. The highest BCUT2D eigenvalue weighted by Gasteiger charge is 2.09. The van der Waals surface area contributed by atoms with Gasteiger partial charge in [-0.05, 0) is 32.4 Å². The van der Waals surface area contributed by atoms with Crippen molar-refractivity contribution in [1.29, 1.82) is 0 Å².